The Balaban J connectivity index is 3.57. The molecular formula is C14H26N2O3S. The smallest absolute Gasteiger partial charge is 0.314 e. The third-order valence-corrected chi connectivity index (χ3v) is 3.91. The van der Waals surface area contributed by atoms with Gasteiger partial charge in [-0.2, -0.15) is 11.8 Å². The van der Waals surface area contributed by atoms with Gasteiger partial charge in [0.2, 0.25) is 0 Å². The molecule has 5 nitrogen and oxygen atoms in total. The van der Waals surface area contributed by atoms with Crippen LogP contribution in [0.15, 0.2) is 12.7 Å². The van der Waals surface area contributed by atoms with Crippen molar-refractivity contribution in [2.45, 2.75) is 32.6 Å². The highest BCUT2D eigenvalue weighted by atomic mass is 32.2. The zero-order chi connectivity index (χ0) is 15.2. The fourth-order valence-electron chi connectivity index (χ4n) is 1.74. The summed E-state index contributed by atoms with van der Waals surface area (Å²) in [5.74, 6) is 1.36. The molecular weight excluding hydrogens is 276 g/mol. The maximum atomic E-state index is 11.5. The normalized spacial score (nSPS) is 11.7. The lowest BCUT2D eigenvalue weighted by Crippen LogP contribution is -2.37. The van der Waals surface area contributed by atoms with Gasteiger partial charge in [0.1, 0.15) is 0 Å². The Hall–Kier alpha value is -1.17. The van der Waals surface area contributed by atoms with Gasteiger partial charge in [0.05, 0.1) is 0 Å². The minimum absolute atomic E-state index is 0.155. The number of carbonyl (C=O) groups is 2. The van der Waals surface area contributed by atoms with Crippen molar-refractivity contribution in [1.82, 2.24) is 10.6 Å². The quantitative estimate of drug-likeness (QED) is 0.382. The lowest BCUT2D eigenvalue weighted by atomic mass is 9.97. The fourth-order valence-corrected chi connectivity index (χ4v) is 2.32. The van der Waals surface area contributed by atoms with E-state index in [9.17, 15) is 9.59 Å². The van der Waals surface area contributed by atoms with E-state index in [2.05, 4.69) is 17.2 Å². The predicted molar refractivity (Wildman–Crippen MR) is 84.2 cm³/mol. The molecule has 1 unspecified atom stereocenters. The van der Waals surface area contributed by atoms with Crippen molar-refractivity contribution in [1.29, 1.82) is 0 Å². The molecule has 0 saturated carbocycles. The Morgan fingerprint density at radius 1 is 1.30 bits per heavy atom. The van der Waals surface area contributed by atoms with Crippen LogP contribution in [0.25, 0.3) is 0 Å². The molecule has 3 N–H and O–H groups in total. The Bertz CT molecular complexity index is 298. The zero-order valence-corrected chi connectivity index (χ0v) is 13.0. The van der Waals surface area contributed by atoms with Crippen LogP contribution in [0.2, 0.25) is 0 Å². The molecule has 0 aliphatic rings. The Labute approximate surface area is 125 Å². The first-order valence-electron chi connectivity index (χ1n) is 7.02. The van der Waals surface area contributed by atoms with Crippen LogP contribution in [-0.2, 0) is 4.79 Å². The number of rotatable bonds is 12. The lowest BCUT2D eigenvalue weighted by molar-refractivity contribution is -0.137. The van der Waals surface area contributed by atoms with Crippen molar-refractivity contribution in [2.75, 3.05) is 24.6 Å². The van der Waals surface area contributed by atoms with Gasteiger partial charge < -0.3 is 15.7 Å². The molecule has 0 aliphatic carbocycles. The fraction of sp³-hybridized carbons (Fsp3) is 0.714. The molecule has 6 heteroatoms. The first kappa shape index (κ1) is 18.8. The van der Waals surface area contributed by atoms with Crippen molar-refractivity contribution < 1.29 is 14.7 Å². The number of carboxylic acid groups (broad SMARTS) is 1. The van der Waals surface area contributed by atoms with Crippen LogP contribution in [-0.4, -0.2) is 41.7 Å². The van der Waals surface area contributed by atoms with Gasteiger partial charge in [-0.3, -0.25) is 4.79 Å². The molecule has 0 aromatic carbocycles. The number of carbonyl (C=O) groups excluding carboxylic acids is 1. The van der Waals surface area contributed by atoms with Crippen LogP contribution >= 0.6 is 11.8 Å². The molecule has 20 heavy (non-hydrogen) atoms. The van der Waals surface area contributed by atoms with Crippen LogP contribution in [0, 0.1) is 5.92 Å². The van der Waals surface area contributed by atoms with Gasteiger partial charge in [0.15, 0.2) is 0 Å². The first-order valence-corrected chi connectivity index (χ1v) is 8.17. The summed E-state index contributed by atoms with van der Waals surface area (Å²) in [5, 5.41) is 14.2. The molecule has 0 radical (unpaired) electrons. The average Bonchev–Trinajstić information content (AvgIpc) is 2.42. The third kappa shape index (κ3) is 11.9. The molecule has 0 bridgehead atoms. The first-order chi connectivity index (χ1) is 9.60. The highest BCUT2D eigenvalue weighted by Crippen LogP contribution is 2.14. The Morgan fingerprint density at radius 2 is 2.00 bits per heavy atom. The number of hydrogen-bond acceptors (Lipinski definition) is 3. The monoisotopic (exact) mass is 302 g/mol. The standard InChI is InChI=1S/C14H26N2O3S/c1-3-10-20-11-9-16-14(19)15-8-7-12(4-2)5-6-13(17)18/h3,12H,1,4-11H2,2H3,(H,17,18)(H2,15,16,19). The van der Waals surface area contributed by atoms with Gasteiger partial charge in [0.25, 0.3) is 0 Å². The van der Waals surface area contributed by atoms with E-state index in [1.807, 2.05) is 13.0 Å². The number of nitrogens with one attached hydrogen (secondary N) is 2. The van der Waals surface area contributed by atoms with Gasteiger partial charge in [-0.25, -0.2) is 4.79 Å². The van der Waals surface area contributed by atoms with Crippen LogP contribution in [0.3, 0.4) is 0 Å². The minimum atomic E-state index is -0.758. The van der Waals surface area contributed by atoms with Crippen LogP contribution < -0.4 is 10.6 Å². The third-order valence-electron chi connectivity index (χ3n) is 2.95. The number of carboxylic acids is 1. The van der Waals surface area contributed by atoms with Crippen molar-refractivity contribution >= 4 is 23.8 Å². The molecule has 0 spiro atoms. The molecule has 0 aliphatic heterocycles. The van der Waals surface area contributed by atoms with Crippen LogP contribution in [0.1, 0.15) is 32.6 Å². The zero-order valence-electron chi connectivity index (χ0n) is 12.2. The SMILES string of the molecule is C=CCSCCNC(=O)NCCC(CC)CCC(=O)O. The Morgan fingerprint density at radius 3 is 2.60 bits per heavy atom. The van der Waals surface area contributed by atoms with Crippen LogP contribution in [0.5, 0.6) is 0 Å². The van der Waals surface area contributed by atoms with E-state index >= 15 is 0 Å². The number of aliphatic carboxylic acids is 1. The number of amides is 2. The van der Waals surface area contributed by atoms with Crippen LogP contribution in [0.4, 0.5) is 4.79 Å². The molecule has 0 aromatic heterocycles. The summed E-state index contributed by atoms with van der Waals surface area (Å²) in [5.41, 5.74) is 0. The minimum Gasteiger partial charge on any atom is -0.481 e. The van der Waals surface area contributed by atoms with Crippen molar-refractivity contribution in [3.05, 3.63) is 12.7 Å². The second kappa shape index (κ2) is 12.8. The summed E-state index contributed by atoms with van der Waals surface area (Å²) in [4.78, 5) is 22.0. The lowest BCUT2D eigenvalue weighted by Gasteiger charge is -2.14. The second-order valence-corrected chi connectivity index (χ2v) is 5.69. The maximum Gasteiger partial charge on any atom is 0.314 e. The number of urea groups is 1. The summed E-state index contributed by atoms with van der Waals surface area (Å²) in [6, 6.07) is -0.155. The molecule has 1 atom stereocenters. The highest BCUT2D eigenvalue weighted by Gasteiger charge is 2.09. The van der Waals surface area contributed by atoms with E-state index in [0.29, 0.717) is 25.4 Å². The molecule has 0 aromatic rings. The summed E-state index contributed by atoms with van der Waals surface area (Å²) in [6.07, 6.45) is 4.47. The van der Waals surface area contributed by atoms with E-state index in [4.69, 9.17) is 5.11 Å². The number of hydrogen-bond donors (Lipinski definition) is 3. The molecule has 0 heterocycles. The highest BCUT2D eigenvalue weighted by molar-refractivity contribution is 7.99. The summed E-state index contributed by atoms with van der Waals surface area (Å²) >= 11 is 1.72. The van der Waals surface area contributed by atoms with Gasteiger partial charge in [-0.15, -0.1) is 6.58 Å². The molecule has 0 saturated heterocycles. The largest absolute Gasteiger partial charge is 0.481 e. The van der Waals surface area contributed by atoms with E-state index < -0.39 is 5.97 Å². The molecule has 0 rings (SSSR count). The van der Waals surface area contributed by atoms with Crippen molar-refractivity contribution in [2.24, 2.45) is 5.92 Å². The van der Waals surface area contributed by atoms with E-state index in [-0.39, 0.29) is 12.5 Å². The van der Waals surface area contributed by atoms with Gasteiger partial charge in [-0.05, 0) is 18.8 Å². The second-order valence-electron chi connectivity index (χ2n) is 4.54. The molecule has 0 fully saturated rings. The van der Waals surface area contributed by atoms with Crippen molar-refractivity contribution in [3.8, 4) is 0 Å². The van der Waals surface area contributed by atoms with E-state index in [0.717, 1.165) is 24.3 Å². The molecule has 2 amide bonds. The molecule has 116 valence electrons. The topological polar surface area (TPSA) is 78.4 Å². The predicted octanol–water partition coefficient (Wildman–Crippen LogP) is 2.49. The van der Waals surface area contributed by atoms with E-state index in [1.165, 1.54) is 0 Å². The van der Waals surface area contributed by atoms with Gasteiger partial charge in [0, 0.05) is 31.0 Å². The van der Waals surface area contributed by atoms with E-state index in [1.54, 1.807) is 11.8 Å². The summed E-state index contributed by atoms with van der Waals surface area (Å²) < 4.78 is 0. The van der Waals surface area contributed by atoms with Crippen molar-refractivity contribution in [3.63, 3.8) is 0 Å². The summed E-state index contributed by atoms with van der Waals surface area (Å²) in [7, 11) is 0. The van der Waals surface area contributed by atoms with Gasteiger partial charge in [-0.1, -0.05) is 19.4 Å². The van der Waals surface area contributed by atoms with Gasteiger partial charge >= 0.3 is 12.0 Å². The summed E-state index contributed by atoms with van der Waals surface area (Å²) in [6.45, 7) is 6.90. The number of thioether (sulfide) groups is 1. The Kier molecular flexibility index (Phi) is 12.1. The maximum absolute atomic E-state index is 11.5. The average molecular weight is 302 g/mol.